The Morgan fingerprint density at radius 2 is 2.12 bits per heavy atom. The molecule has 0 fully saturated rings. The second-order valence-corrected chi connectivity index (χ2v) is 3.06. The Kier molecular flexibility index (Phi) is 3.89. The summed E-state index contributed by atoms with van der Waals surface area (Å²) in [7, 11) is 0. The average Bonchev–Trinajstić information content (AvgIpc) is 2.25. The summed E-state index contributed by atoms with van der Waals surface area (Å²) in [5, 5.41) is 8.65. The van der Waals surface area contributed by atoms with Crippen LogP contribution in [-0.4, -0.2) is 30.3 Å². The van der Waals surface area contributed by atoms with E-state index in [0.717, 1.165) is 0 Å². The van der Waals surface area contributed by atoms with Crippen LogP contribution in [0.4, 0.5) is 13.2 Å². The van der Waals surface area contributed by atoms with Gasteiger partial charge in [0.1, 0.15) is 18.6 Å². The molecule has 0 saturated carbocycles. The molecule has 1 aromatic carbocycles. The van der Waals surface area contributed by atoms with E-state index in [1.807, 2.05) is 0 Å². The van der Waals surface area contributed by atoms with Gasteiger partial charge in [-0.3, -0.25) is 4.79 Å². The van der Waals surface area contributed by atoms with Crippen molar-refractivity contribution in [1.82, 2.24) is 0 Å². The first kappa shape index (κ1) is 12.5. The molecule has 0 heterocycles. The molecule has 0 aliphatic carbocycles. The van der Waals surface area contributed by atoms with Crippen LogP contribution in [0.1, 0.15) is 10.4 Å². The zero-order valence-corrected chi connectivity index (χ0v) is 8.07. The van der Waals surface area contributed by atoms with Crippen molar-refractivity contribution in [2.45, 2.75) is 12.3 Å². The summed E-state index contributed by atoms with van der Waals surface area (Å²) in [5.74, 6) is 0.105. The molecule has 0 spiro atoms. The van der Waals surface area contributed by atoms with Crippen LogP contribution in [0, 0.1) is 0 Å². The molecule has 0 aromatic heterocycles. The van der Waals surface area contributed by atoms with Gasteiger partial charge in [-0.15, -0.1) is 0 Å². The normalized spacial score (nSPS) is 13.2. The van der Waals surface area contributed by atoms with E-state index < -0.39 is 18.9 Å². The number of carbonyl (C=O) groups excluding carboxylic acids is 1. The van der Waals surface area contributed by atoms with Crippen molar-refractivity contribution >= 4 is 6.29 Å². The lowest BCUT2D eigenvalue weighted by Crippen LogP contribution is -2.34. The molecule has 16 heavy (non-hydrogen) atoms. The van der Waals surface area contributed by atoms with Crippen molar-refractivity contribution in [3.63, 3.8) is 0 Å². The monoisotopic (exact) mass is 234 g/mol. The van der Waals surface area contributed by atoms with Gasteiger partial charge < -0.3 is 9.84 Å². The smallest absolute Gasteiger partial charge is 0.417 e. The molecular formula is C10H9F3O3. The van der Waals surface area contributed by atoms with Gasteiger partial charge in [-0.25, -0.2) is 0 Å². The van der Waals surface area contributed by atoms with Crippen molar-refractivity contribution in [2.24, 2.45) is 0 Å². The zero-order valence-electron chi connectivity index (χ0n) is 8.07. The molecule has 0 saturated heterocycles. The Morgan fingerprint density at radius 1 is 1.44 bits per heavy atom. The Bertz CT molecular complexity index is 363. The van der Waals surface area contributed by atoms with E-state index in [1.165, 1.54) is 24.3 Å². The van der Waals surface area contributed by atoms with E-state index in [4.69, 9.17) is 9.84 Å². The van der Waals surface area contributed by atoms with Crippen LogP contribution < -0.4 is 4.74 Å². The number of aldehydes is 1. The molecule has 1 aromatic rings. The van der Waals surface area contributed by atoms with E-state index in [2.05, 4.69) is 0 Å². The Balaban J connectivity index is 2.58. The predicted octanol–water partition coefficient (Wildman–Crippen LogP) is 1.80. The Labute approximate surface area is 89.5 Å². The van der Waals surface area contributed by atoms with Crippen molar-refractivity contribution in [2.75, 3.05) is 6.61 Å². The number of hydrogen-bond acceptors (Lipinski definition) is 3. The number of benzene rings is 1. The fourth-order valence-electron chi connectivity index (χ4n) is 0.947. The van der Waals surface area contributed by atoms with Crippen LogP contribution >= 0.6 is 0 Å². The molecule has 1 rings (SSSR count). The van der Waals surface area contributed by atoms with Gasteiger partial charge in [0.25, 0.3) is 0 Å². The average molecular weight is 234 g/mol. The SMILES string of the molecule is O=Cc1cccc(OCC(O)C(F)(F)F)c1. The van der Waals surface area contributed by atoms with E-state index in [0.29, 0.717) is 11.8 Å². The first-order chi connectivity index (χ1) is 7.43. The molecule has 1 N–H and O–H groups in total. The van der Waals surface area contributed by atoms with Crippen molar-refractivity contribution in [3.05, 3.63) is 29.8 Å². The van der Waals surface area contributed by atoms with E-state index in [-0.39, 0.29) is 5.75 Å². The number of alkyl halides is 3. The minimum Gasteiger partial charge on any atom is -0.491 e. The first-order valence-corrected chi connectivity index (χ1v) is 4.36. The van der Waals surface area contributed by atoms with Gasteiger partial charge in [0.2, 0.25) is 0 Å². The van der Waals surface area contributed by atoms with E-state index in [9.17, 15) is 18.0 Å². The van der Waals surface area contributed by atoms with Gasteiger partial charge in [0.05, 0.1) is 0 Å². The maximum absolute atomic E-state index is 11.9. The number of aliphatic hydroxyl groups excluding tert-OH is 1. The van der Waals surface area contributed by atoms with Crippen molar-refractivity contribution in [1.29, 1.82) is 0 Å². The van der Waals surface area contributed by atoms with Gasteiger partial charge in [-0.05, 0) is 12.1 Å². The van der Waals surface area contributed by atoms with Gasteiger partial charge in [-0.1, -0.05) is 12.1 Å². The Morgan fingerprint density at radius 3 is 2.69 bits per heavy atom. The highest BCUT2D eigenvalue weighted by molar-refractivity contribution is 5.75. The standard InChI is InChI=1S/C10H9F3O3/c11-10(12,13)9(15)6-16-8-3-1-2-7(4-8)5-14/h1-5,9,15H,6H2. The minimum absolute atomic E-state index is 0.105. The summed E-state index contributed by atoms with van der Waals surface area (Å²) >= 11 is 0. The number of halogens is 3. The van der Waals surface area contributed by atoms with Crippen molar-refractivity contribution in [3.8, 4) is 5.75 Å². The third-order valence-electron chi connectivity index (χ3n) is 1.78. The molecule has 0 amide bonds. The van der Waals surface area contributed by atoms with Crippen LogP contribution in [0.3, 0.4) is 0 Å². The highest BCUT2D eigenvalue weighted by Gasteiger charge is 2.38. The van der Waals surface area contributed by atoms with Gasteiger partial charge in [0, 0.05) is 5.56 Å². The zero-order chi connectivity index (χ0) is 12.2. The van der Waals surface area contributed by atoms with Crippen LogP contribution in [-0.2, 0) is 0 Å². The second kappa shape index (κ2) is 4.98. The maximum Gasteiger partial charge on any atom is 0.417 e. The van der Waals surface area contributed by atoms with Crippen molar-refractivity contribution < 1.29 is 27.8 Å². The fourth-order valence-corrected chi connectivity index (χ4v) is 0.947. The first-order valence-electron chi connectivity index (χ1n) is 4.36. The van der Waals surface area contributed by atoms with E-state index in [1.54, 1.807) is 0 Å². The number of aliphatic hydroxyl groups is 1. The van der Waals surface area contributed by atoms with Crippen LogP contribution in [0.2, 0.25) is 0 Å². The van der Waals surface area contributed by atoms with Gasteiger partial charge >= 0.3 is 6.18 Å². The summed E-state index contributed by atoms with van der Waals surface area (Å²) in [6.07, 6.45) is -6.69. The second-order valence-electron chi connectivity index (χ2n) is 3.06. The summed E-state index contributed by atoms with van der Waals surface area (Å²) in [4.78, 5) is 10.4. The molecule has 0 aliphatic heterocycles. The molecule has 88 valence electrons. The fraction of sp³-hybridized carbons (Fsp3) is 0.300. The lowest BCUT2D eigenvalue weighted by molar-refractivity contribution is -0.210. The topological polar surface area (TPSA) is 46.5 Å². The van der Waals surface area contributed by atoms with Crippen LogP contribution in [0.5, 0.6) is 5.75 Å². The summed E-state index contributed by atoms with van der Waals surface area (Å²) in [5.41, 5.74) is 0.291. The number of rotatable bonds is 4. The maximum atomic E-state index is 11.9. The summed E-state index contributed by atoms with van der Waals surface area (Å²) in [6.45, 7) is -0.897. The largest absolute Gasteiger partial charge is 0.491 e. The number of ether oxygens (including phenoxy) is 1. The lowest BCUT2D eigenvalue weighted by Gasteiger charge is -2.15. The van der Waals surface area contributed by atoms with Crippen LogP contribution in [0.15, 0.2) is 24.3 Å². The third-order valence-corrected chi connectivity index (χ3v) is 1.78. The van der Waals surface area contributed by atoms with E-state index >= 15 is 0 Å². The van der Waals surface area contributed by atoms with Gasteiger partial charge in [0.15, 0.2) is 6.10 Å². The lowest BCUT2D eigenvalue weighted by atomic mass is 10.2. The minimum atomic E-state index is -4.71. The van der Waals surface area contributed by atoms with Gasteiger partial charge in [-0.2, -0.15) is 13.2 Å². The highest BCUT2D eigenvalue weighted by atomic mass is 19.4. The predicted molar refractivity (Wildman–Crippen MR) is 49.4 cm³/mol. The molecule has 3 nitrogen and oxygen atoms in total. The molecule has 0 radical (unpaired) electrons. The molecule has 1 atom stereocenters. The number of carbonyl (C=O) groups is 1. The quantitative estimate of drug-likeness (QED) is 0.808. The van der Waals surface area contributed by atoms with Crippen LogP contribution in [0.25, 0.3) is 0 Å². The molecule has 0 aliphatic rings. The number of hydrogen-bond donors (Lipinski definition) is 1. The molecule has 6 heteroatoms. The molecule has 1 unspecified atom stereocenters. The highest BCUT2D eigenvalue weighted by Crippen LogP contribution is 2.21. The summed E-state index contributed by atoms with van der Waals surface area (Å²) in [6, 6.07) is 5.64. The molecule has 0 bridgehead atoms. The summed E-state index contributed by atoms with van der Waals surface area (Å²) < 4.78 is 40.4. The third kappa shape index (κ3) is 3.54. The Hall–Kier alpha value is -1.56. The molecular weight excluding hydrogens is 225 g/mol.